The van der Waals surface area contributed by atoms with Gasteiger partial charge in [0.05, 0.1) is 9.80 Å². The highest BCUT2D eigenvalue weighted by molar-refractivity contribution is 8.19. The summed E-state index contributed by atoms with van der Waals surface area (Å²) in [5.74, 6) is -0.258. The van der Waals surface area contributed by atoms with Gasteiger partial charge in [0, 0.05) is 11.6 Å². The second kappa shape index (κ2) is 7.65. The number of nitrogens with zero attached hydrogens (tertiary/aromatic N) is 2. The van der Waals surface area contributed by atoms with Crippen molar-refractivity contribution in [2.45, 2.75) is 11.8 Å². The van der Waals surface area contributed by atoms with Gasteiger partial charge in [0.2, 0.25) is 0 Å². The third-order valence-electron chi connectivity index (χ3n) is 3.61. The van der Waals surface area contributed by atoms with Crippen LogP contribution in [-0.2, 0) is 14.8 Å². The van der Waals surface area contributed by atoms with E-state index in [2.05, 4.69) is 4.40 Å². The van der Waals surface area contributed by atoms with Gasteiger partial charge in [0.1, 0.15) is 0 Å². The van der Waals surface area contributed by atoms with E-state index in [-0.39, 0.29) is 16.0 Å². The van der Waals surface area contributed by atoms with Crippen molar-refractivity contribution in [2.75, 3.05) is 6.54 Å². The van der Waals surface area contributed by atoms with Crippen LogP contribution in [-0.4, -0.2) is 30.9 Å². The van der Waals surface area contributed by atoms with Crippen LogP contribution in [0.2, 0.25) is 5.02 Å². The molecule has 0 atom stereocenters. The maximum Gasteiger partial charge on any atom is 0.284 e. The van der Waals surface area contributed by atoms with Gasteiger partial charge in [0.15, 0.2) is 5.17 Å². The van der Waals surface area contributed by atoms with Gasteiger partial charge >= 0.3 is 0 Å². The Bertz CT molecular complexity index is 985. The van der Waals surface area contributed by atoms with Crippen LogP contribution in [0, 0.1) is 0 Å². The molecule has 0 radical (unpaired) electrons. The second-order valence-electron chi connectivity index (χ2n) is 5.37. The first-order chi connectivity index (χ1) is 12.4. The molecule has 1 aliphatic rings. The van der Waals surface area contributed by atoms with Crippen molar-refractivity contribution in [2.24, 2.45) is 4.40 Å². The van der Waals surface area contributed by atoms with E-state index in [4.69, 9.17) is 11.6 Å². The lowest BCUT2D eigenvalue weighted by Gasteiger charge is -2.11. The van der Waals surface area contributed by atoms with Gasteiger partial charge in [-0.15, -0.1) is 4.40 Å². The van der Waals surface area contributed by atoms with Crippen molar-refractivity contribution < 1.29 is 13.2 Å². The van der Waals surface area contributed by atoms with Gasteiger partial charge in [0.25, 0.3) is 15.9 Å². The van der Waals surface area contributed by atoms with Crippen molar-refractivity contribution in [3.63, 3.8) is 0 Å². The fraction of sp³-hybridized carbons (Fsp3) is 0.111. The van der Waals surface area contributed by atoms with E-state index in [1.54, 1.807) is 13.0 Å². The number of benzene rings is 2. The summed E-state index contributed by atoms with van der Waals surface area (Å²) in [4.78, 5) is 14.4. The van der Waals surface area contributed by atoms with Crippen LogP contribution >= 0.6 is 23.4 Å². The average molecular weight is 407 g/mol. The van der Waals surface area contributed by atoms with Crippen molar-refractivity contribution >= 4 is 50.5 Å². The highest BCUT2D eigenvalue weighted by Gasteiger charge is 2.33. The molecule has 2 aromatic rings. The first-order valence-corrected chi connectivity index (χ1v) is 10.4. The summed E-state index contributed by atoms with van der Waals surface area (Å²) < 4.78 is 28.9. The number of amidine groups is 1. The molecule has 0 spiro atoms. The Labute approximate surface area is 161 Å². The number of thioether (sulfide) groups is 1. The number of amides is 1. The summed E-state index contributed by atoms with van der Waals surface area (Å²) in [6, 6.07) is 15.1. The molecule has 0 unspecified atom stereocenters. The van der Waals surface area contributed by atoms with Crippen LogP contribution in [0.4, 0.5) is 0 Å². The predicted octanol–water partition coefficient (Wildman–Crippen LogP) is 4.02. The number of hydrogen-bond acceptors (Lipinski definition) is 4. The maximum atomic E-state index is 12.6. The number of likely N-dealkylation sites (N-methyl/N-ethyl adjacent to an activating group) is 1. The zero-order valence-electron chi connectivity index (χ0n) is 13.8. The number of carbonyl (C=O) groups is 1. The molecule has 8 heteroatoms. The first-order valence-electron chi connectivity index (χ1n) is 7.77. The number of hydrogen-bond donors (Lipinski definition) is 0. The molecule has 0 aromatic heterocycles. The molecule has 5 nitrogen and oxygen atoms in total. The Morgan fingerprint density at radius 1 is 1.12 bits per heavy atom. The van der Waals surface area contributed by atoms with Gasteiger partial charge in [-0.25, -0.2) is 0 Å². The van der Waals surface area contributed by atoms with Crippen molar-refractivity contribution in [3.8, 4) is 0 Å². The molecule has 0 saturated carbocycles. The van der Waals surface area contributed by atoms with E-state index in [1.807, 2.05) is 30.3 Å². The lowest BCUT2D eigenvalue weighted by atomic mass is 10.2. The molecule has 2 aromatic carbocycles. The summed E-state index contributed by atoms with van der Waals surface area (Å²) in [6.45, 7) is 2.10. The quantitative estimate of drug-likeness (QED) is 0.719. The van der Waals surface area contributed by atoms with Crippen LogP contribution in [0.3, 0.4) is 0 Å². The minimum absolute atomic E-state index is 0.0268. The van der Waals surface area contributed by atoms with Gasteiger partial charge in [-0.2, -0.15) is 8.42 Å². The Kier molecular flexibility index (Phi) is 5.50. The minimum atomic E-state index is -3.94. The summed E-state index contributed by atoms with van der Waals surface area (Å²) >= 11 is 6.85. The molecular weight excluding hydrogens is 392 g/mol. The van der Waals surface area contributed by atoms with Crippen LogP contribution < -0.4 is 0 Å². The second-order valence-corrected chi connectivity index (χ2v) is 8.42. The van der Waals surface area contributed by atoms with Gasteiger partial charge in [-0.1, -0.05) is 41.9 Å². The zero-order chi connectivity index (χ0) is 18.7. The van der Waals surface area contributed by atoms with Gasteiger partial charge < -0.3 is 0 Å². The Morgan fingerprint density at radius 2 is 1.77 bits per heavy atom. The number of halogens is 1. The summed E-state index contributed by atoms with van der Waals surface area (Å²) in [6.07, 6.45) is 1.73. The number of sulfonamides is 1. The number of carbonyl (C=O) groups excluding carboxylic acids is 1. The van der Waals surface area contributed by atoms with Crippen LogP contribution in [0.5, 0.6) is 0 Å². The topological polar surface area (TPSA) is 66.8 Å². The van der Waals surface area contributed by atoms with E-state index in [1.165, 1.54) is 29.2 Å². The van der Waals surface area contributed by atoms with Crippen LogP contribution in [0.25, 0.3) is 6.08 Å². The van der Waals surface area contributed by atoms with E-state index < -0.39 is 10.0 Å². The predicted molar refractivity (Wildman–Crippen MR) is 105 cm³/mol. The molecule has 1 saturated heterocycles. The fourth-order valence-corrected chi connectivity index (χ4v) is 4.69. The summed E-state index contributed by atoms with van der Waals surface area (Å²) in [7, 11) is -3.94. The zero-order valence-corrected chi connectivity index (χ0v) is 16.2. The lowest BCUT2D eigenvalue weighted by molar-refractivity contribution is -0.122. The molecule has 3 rings (SSSR count). The normalized spacial score (nSPS) is 18.1. The molecule has 1 amide bonds. The highest BCUT2D eigenvalue weighted by Crippen LogP contribution is 2.33. The SMILES string of the molecule is CCN1C(=O)/C(=C/c2ccccc2)S/C1=N/S(=O)(=O)c1ccc(Cl)cc1. The number of rotatable bonds is 4. The standard InChI is InChI=1S/C18H15ClN2O3S2/c1-2-21-17(22)16(12-13-6-4-3-5-7-13)25-18(21)20-26(23,24)15-10-8-14(19)9-11-15/h3-12H,2H2,1H3/b16-12-,20-18+. The Hall–Kier alpha value is -2.09. The molecule has 1 aliphatic heterocycles. The average Bonchev–Trinajstić information content (AvgIpc) is 2.90. The molecule has 1 heterocycles. The molecule has 0 bridgehead atoms. The molecule has 26 heavy (non-hydrogen) atoms. The van der Waals surface area contributed by atoms with Crippen molar-refractivity contribution in [1.29, 1.82) is 0 Å². The smallest absolute Gasteiger partial charge is 0.284 e. The molecule has 0 N–H and O–H groups in total. The Balaban J connectivity index is 1.96. The largest absolute Gasteiger partial charge is 0.286 e. The van der Waals surface area contributed by atoms with E-state index in [0.29, 0.717) is 16.5 Å². The molecule has 0 aliphatic carbocycles. The monoisotopic (exact) mass is 406 g/mol. The lowest BCUT2D eigenvalue weighted by Crippen LogP contribution is -2.29. The third-order valence-corrected chi connectivity index (χ3v) is 6.27. The van der Waals surface area contributed by atoms with Crippen LogP contribution in [0.15, 0.2) is 68.8 Å². The molecule has 1 fully saturated rings. The fourth-order valence-electron chi connectivity index (χ4n) is 2.32. The minimum Gasteiger partial charge on any atom is -0.286 e. The van der Waals surface area contributed by atoms with Crippen molar-refractivity contribution in [3.05, 3.63) is 70.1 Å². The molecule has 134 valence electrons. The third kappa shape index (κ3) is 4.00. The van der Waals surface area contributed by atoms with Gasteiger partial charge in [-0.3, -0.25) is 9.69 Å². The first kappa shape index (κ1) is 18.7. The van der Waals surface area contributed by atoms with Gasteiger partial charge in [-0.05, 0) is 54.6 Å². The van der Waals surface area contributed by atoms with E-state index >= 15 is 0 Å². The summed E-state index contributed by atoms with van der Waals surface area (Å²) in [5, 5.41) is 0.583. The van der Waals surface area contributed by atoms with Crippen LogP contribution in [0.1, 0.15) is 12.5 Å². The highest BCUT2D eigenvalue weighted by atomic mass is 35.5. The van der Waals surface area contributed by atoms with E-state index in [9.17, 15) is 13.2 Å². The van der Waals surface area contributed by atoms with Crippen molar-refractivity contribution in [1.82, 2.24) is 4.90 Å². The maximum absolute atomic E-state index is 12.6. The molecular formula is C18H15ClN2O3S2. The Morgan fingerprint density at radius 3 is 2.38 bits per heavy atom. The van der Waals surface area contributed by atoms with E-state index in [0.717, 1.165) is 17.3 Å². The summed E-state index contributed by atoms with van der Waals surface area (Å²) in [5.41, 5.74) is 0.862.